The first-order valence-electron chi connectivity index (χ1n) is 4.76. The van der Waals surface area contributed by atoms with Crippen LogP contribution in [-0.4, -0.2) is 9.78 Å². The zero-order valence-electron chi connectivity index (χ0n) is 8.74. The molecule has 0 atom stereocenters. The molecule has 3 nitrogen and oxygen atoms in total. The fourth-order valence-corrected chi connectivity index (χ4v) is 1.77. The van der Waals surface area contributed by atoms with E-state index in [2.05, 4.69) is 5.10 Å². The third-order valence-electron chi connectivity index (χ3n) is 2.44. The molecule has 0 fully saturated rings. The molecule has 2 N–H and O–H groups in total. The van der Waals surface area contributed by atoms with Gasteiger partial charge in [-0.3, -0.25) is 4.68 Å². The molecule has 0 amide bonds. The number of hydrogen-bond donors (Lipinski definition) is 1. The molecule has 0 saturated carbocycles. The van der Waals surface area contributed by atoms with Gasteiger partial charge in [-0.1, -0.05) is 23.7 Å². The highest BCUT2D eigenvalue weighted by Gasteiger charge is 2.12. The summed E-state index contributed by atoms with van der Waals surface area (Å²) in [5.74, 6) is 0.528. The van der Waals surface area contributed by atoms with E-state index in [1.54, 1.807) is 31.3 Å². The average Bonchev–Trinajstić information content (AvgIpc) is 2.59. The molecule has 0 aliphatic carbocycles. The summed E-state index contributed by atoms with van der Waals surface area (Å²) in [6, 6.07) is 6.90. The first kappa shape index (κ1) is 11.0. The van der Waals surface area contributed by atoms with Crippen LogP contribution in [0.3, 0.4) is 0 Å². The van der Waals surface area contributed by atoms with E-state index in [0.29, 0.717) is 27.7 Å². The number of aromatic nitrogens is 2. The number of nitrogens with zero attached hydrogens (tertiary/aromatic N) is 2. The molecule has 0 unspecified atom stereocenters. The van der Waals surface area contributed by atoms with Crippen molar-refractivity contribution in [2.24, 2.45) is 7.05 Å². The molecular formula is C11H11ClFN3. The predicted octanol–water partition coefficient (Wildman–Crippen LogP) is 2.79. The maximum Gasteiger partial charge on any atom is 0.121 e. The first-order chi connectivity index (χ1) is 7.63. The third kappa shape index (κ3) is 1.76. The topological polar surface area (TPSA) is 43.8 Å². The van der Waals surface area contributed by atoms with Crippen LogP contribution >= 0.6 is 11.6 Å². The lowest BCUT2D eigenvalue weighted by atomic mass is 10.1. The molecule has 0 bridgehead atoms. The van der Waals surface area contributed by atoms with Crippen molar-refractivity contribution in [3.8, 4) is 11.3 Å². The molecule has 0 radical (unpaired) electrons. The smallest absolute Gasteiger partial charge is 0.121 e. The minimum atomic E-state index is -0.620. The monoisotopic (exact) mass is 239 g/mol. The Morgan fingerprint density at radius 3 is 2.81 bits per heavy atom. The number of rotatable bonds is 2. The third-order valence-corrected chi connectivity index (χ3v) is 2.80. The normalized spacial score (nSPS) is 10.7. The number of halogens is 2. The van der Waals surface area contributed by atoms with Crippen LogP contribution in [0.2, 0.25) is 5.02 Å². The van der Waals surface area contributed by atoms with Crippen LogP contribution in [-0.2, 0) is 13.7 Å². The minimum Gasteiger partial charge on any atom is -0.384 e. The van der Waals surface area contributed by atoms with Gasteiger partial charge >= 0.3 is 0 Å². The molecule has 0 aliphatic rings. The van der Waals surface area contributed by atoms with Gasteiger partial charge in [0.25, 0.3) is 0 Å². The van der Waals surface area contributed by atoms with E-state index < -0.39 is 6.67 Å². The lowest BCUT2D eigenvalue weighted by molar-refractivity contribution is 0.486. The number of benzene rings is 1. The van der Waals surface area contributed by atoms with Crippen LogP contribution in [0, 0.1) is 0 Å². The van der Waals surface area contributed by atoms with E-state index in [9.17, 15) is 4.39 Å². The molecule has 84 valence electrons. The van der Waals surface area contributed by atoms with Crippen molar-refractivity contribution < 1.29 is 4.39 Å². The van der Waals surface area contributed by atoms with Crippen molar-refractivity contribution in [2.75, 3.05) is 5.73 Å². The zero-order valence-corrected chi connectivity index (χ0v) is 9.50. The maximum atomic E-state index is 12.9. The Labute approximate surface area is 97.6 Å². The van der Waals surface area contributed by atoms with Gasteiger partial charge in [-0.25, -0.2) is 4.39 Å². The van der Waals surface area contributed by atoms with E-state index in [-0.39, 0.29) is 0 Å². The summed E-state index contributed by atoms with van der Waals surface area (Å²) in [5, 5.41) is 4.60. The first-order valence-corrected chi connectivity index (χ1v) is 5.14. The van der Waals surface area contributed by atoms with Gasteiger partial charge in [0.05, 0.1) is 5.69 Å². The van der Waals surface area contributed by atoms with Crippen molar-refractivity contribution in [2.45, 2.75) is 6.67 Å². The Kier molecular flexibility index (Phi) is 2.83. The Hall–Kier alpha value is -1.55. The fourth-order valence-electron chi connectivity index (χ4n) is 1.55. The van der Waals surface area contributed by atoms with Gasteiger partial charge in [0, 0.05) is 29.3 Å². The summed E-state index contributed by atoms with van der Waals surface area (Å²) in [5.41, 5.74) is 7.44. The largest absolute Gasteiger partial charge is 0.384 e. The molecule has 0 aliphatic heterocycles. The fraction of sp³-hybridized carbons (Fsp3) is 0.182. The number of nitrogens with two attached hydrogens (primary N) is 1. The van der Waals surface area contributed by atoms with E-state index in [1.807, 2.05) is 0 Å². The second-order valence-electron chi connectivity index (χ2n) is 3.48. The van der Waals surface area contributed by atoms with Crippen molar-refractivity contribution in [3.63, 3.8) is 0 Å². The van der Waals surface area contributed by atoms with Crippen LogP contribution in [0.1, 0.15) is 5.56 Å². The Morgan fingerprint density at radius 2 is 2.25 bits per heavy atom. The Balaban J connectivity index is 2.59. The number of aryl methyl sites for hydroxylation is 1. The molecule has 16 heavy (non-hydrogen) atoms. The van der Waals surface area contributed by atoms with Gasteiger partial charge in [-0.05, 0) is 6.07 Å². The molecule has 2 aromatic rings. The van der Waals surface area contributed by atoms with Gasteiger partial charge in [0.15, 0.2) is 0 Å². The summed E-state index contributed by atoms with van der Waals surface area (Å²) in [6.07, 6.45) is 0. The Morgan fingerprint density at radius 1 is 1.50 bits per heavy atom. The second-order valence-corrected chi connectivity index (χ2v) is 3.88. The molecule has 1 aromatic heterocycles. The highest BCUT2D eigenvalue weighted by molar-refractivity contribution is 6.31. The molecular weight excluding hydrogens is 229 g/mol. The Bertz CT molecular complexity index is 502. The number of hydrogen-bond acceptors (Lipinski definition) is 2. The molecule has 0 spiro atoms. The van der Waals surface area contributed by atoms with E-state index >= 15 is 0 Å². The van der Waals surface area contributed by atoms with E-state index in [4.69, 9.17) is 17.3 Å². The lowest BCUT2D eigenvalue weighted by Gasteiger charge is -2.05. The summed E-state index contributed by atoms with van der Waals surface area (Å²) in [4.78, 5) is 0. The van der Waals surface area contributed by atoms with Gasteiger partial charge in [0.1, 0.15) is 12.5 Å². The molecule has 1 aromatic carbocycles. The van der Waals surface area contributed by atoms with Gasteiger partial charge in [0.2, 0.25) is 0 Å². The molecule has 5 heteroatoms. The SMILES string of the molecule is Cn1nc(-c2cccc(Cl)c2CF)cc1N. The van der Waals surface area contributed by atoms with E-state index in [0.717, 1.165) is 0 Å². The highest BCUT2D eigenvalue weighted by atomic mass is 35.5. The number of alkyl halides is 1. The second kappa shape index (κ2) is 4.14. The molecule has 2 rings (SSSR count). The van der Waals surface area contributed by atoms with Crippen LogP contribution in [0.15, 0.2) is 24.3 Å². The maximum absolute atomic E-state index is 12.9. The van der Waals surface area contributed by atoms with Crippen LogP contribution in [0.25, 0.3) is 11.3 Å². The average molecular weight is 240 g/mol. The van der Waals surface area contributed by atoms with Crippen LogP contribution in [0.4, 0.5) is 10.2 Å². The van der Waals surface area contributed by atoms with E-state index in [1.165, 1.54) is 4.68 Å². The zero-order chi connectivity index (χ0) is 11.7. The van der Waals surface area contributed by atoms with Crippen molar-refractivity contribution >= 4 is 17.4 Å². The quantitative estimate of drug-likeness (QED) is 0.876. The summed E-state index contributed by atoms with van der Waals surface area (Å²) in [6.45, 7) is -0.620. The number of nitrogen functional groups attached to an aromatic ring is 1. The summed E-state index contributed by atoms with van der Waals surface area (Å²) >= 11 is 5.92. The standard InChI is InChI=1S/C11H11ClFN3/c1-16-11(14)5-10(15-16)7-3-2-4-9(12)8(7)6-13/h2-5H,6,14H2,1H3. The van der Waals surface area contributed by atoms with Crippen molar-refractivity contribution in [1.82, 2.24) is 9.78 Å². The van der Waals surface area contributed by atoms with Gasteiger partial charge in [-0.15, -0.1) is 0 Å². The number of anilines is 1. The minimum absolute atomic E-state index is 0.407. The van der Waals surface area contributed by atoms with Crippen LogP contribution in [0.5, 0.6) is 0 Å². The summed E-state index contributed by atoms with van der Waals surface area (Å²) < 4.78 is 14.4. The van der Waals surface area contributed by atoms with Crippen LogP contribution < -0.4 is 5.73 Å². The predicted molar refractivity (Wildman–Crippen MR) is 62.9 cm³/mol. The molecule has 0 saturated heterocycles. The van der Waals surface area contributed by atoms with Gasteiger partial charge < -0.3 is 5.73 Å². The van der Waals surface area contributed by atoms with Gasteiger partial charge in [-0.2, -0.15) is 5.10 Å². The highest BCUT2D eigenvalue weighted by Crippen LogP contribution is 2.29. The lowest BCUT2D eigenvalue weighted by Crippen LogP contribution is -1.96. The molecule has 1 heterocycles. The van der Waals surface area contributed by atoms with Crippen molar-refractivity contribution in [1.29, 1.82) is 0 Å². The van der Waals surface area contributed by atoms with Crippen molar-refractivity contribution in [3.05, 3.63) is 34.9 Å². The summed E-state index contributed by atoms with van der Waals surface area (Å²) in [7, 11) is 1.73.